The molecule has 2 unspecified atom stereocenters. The molecule has 0 aliphatic heterocycles. The topological polar surface area (TPSA) is 83.8 Å². The van der Waals surface area contributed by atoms with Gasteiger partial charge in [0.05, 0.1) is 6.20 Å². The molecule has 16 heavy (non-hydrogen) atoms. The molecular formula is C11H18N4O. The van der Waals surface area contributed by atoms with Gasteiger partial charge in [-0.15, -0.1) is 0 Å². The summed E-state index contributed by atoms with van der Waals surface area (Å²) in [4.78, 5) is 12.0. The van der Waals surface area contributed by atoms with E-state index in [2.05, 4.69) is 15.5 Å². The third-order valence-electron chi connectivity index (χ3n) is 3.38. The molecule has 0 saturated heterocycles. The third-order valence-corrected chi connectivity index (χ3v) is 3.38. The maximum atomic E-state index is 12.0. The van der Waals surface area contributed by atoms with Crippen molar-refractivity contribution < 1.29 is 4.79 Å². The van der Waals surface area contributed by atoms with Crippen LogP contribution in [-0.4, -0.2) is 22.6 Å². The Morgan fingerprint density at radius 1 is 1.69 bits per heavy atom. The summed E-state index contributed by atoms with van der Waals surface area (Å²) in [7, 11) is 0. The molecule has 0 bridgehead atoms. The van der Waals surface area contributed by atoms with Gasteiger partial charge in [0.1, 0.15) is 5.82 Å². The van der Waals surface area contributed by atoms with Crippen LogP contribution < -0.4 is 11.1 Å². The summed E-state index contributed by atoms with van der Waals surface area (Å²) in [6.07, 6.45) is 4.81. The molecule has 2 rings (SSSR count). The number of nitrogens with zero attached hydrogens (tertiary/aromatic N) is 1. The quantitative estimate of drug-likeness (QED) is 0.714. The van der Waals surface area contributed by atoms with Gasteiger partial charge in [-0.3, -0.25) is 9.89 Å². The summed E-state index contributed by atoms with van der Waals surface area (Å²) in [5.74, 6) is 1.17. The largest absolute Gasteiger partial charge is 0.330 e. The minimum Gasteiger partial charge on any atom is -0.330 e. The summed E-state index contributed by atoms with van der Waals surface area (Å²) in [5.41, 5.74) is 6.62. The van der Waals surface area contributed by atoms with Crippen LogP contribution in [0.5, 0.6) is 0 Å². The second-order valence-corrected chi connectivity index (χ2v) is 4.45. The smallest absolute Gasteiger partial charge is 0.228 e. The van der Waals surface area contributed by atoms with Gasteiger partial charge in [-0.2, -0.15) is 5.10 Å². The number of hydrogen-bond acceptors (Lipinski definition) is 3. The first kappa shape index (κ1) is 11.1. The van der Waals surface area contributed by atoms with Crippen LogP contribution in [0.25, 0.3) is 0 Å². The molecule has 1 amide bonds. The molecule has 5 heteroatoms. The van der Waals surface area contributed by atoms with E-state index >= 15 is 0 Å². The number of nitrogens with one attached hydrogen (secondary N) is 2. The van der Waals surface area contributed by atoms with Gasteiger partial charge in [-0.1, -0.05) is 6.42 Å². The number of aromatic amines is 1. The maximum Gasteiger partial charge on any atom is 0.228 e. The SMILES string of the molecule is Cc1cn[nH]c1NC(=O)C1CCCC1CN. The predicted octanol–water partition coefficient (Wildman–Crippen LogP) is 1.03. The zero-order valence-corrected chi connectivity index (χ0v) is 9.49. The van der Waals surface area contributed by atoms with E-state index in [0.717, 1.165) is 24.8 Å². The number of rotatable bonds is 3. The molecule has 1 fully saturated rings. The van der Waals surface area contributed by atoms with Crippen molar-refractivity contribution in [3.63, 3.8) is 0 Å². The number of nitrogens with two attached hydrogens (primary N) is 1. The summed E-state index contributed by atoms with van der Waals surface area (Å²) < 4.78 is 0. The molecule has 1 aromatic heterocycles. The minimum absolute atomic E-state index is 0.0627. The molecule has 1 aliphatic rings. The van der Waals surface area contributed by atoms with Gasteiger partial charge in [-0.05, 0) is 32.2 Å². The number of hydrogen-bond donors (Lipinski definition) is 3. The van der Waals surface area contributed by atoms with Crippen LogP contribution in [0.3, 0.4) is 0 Å². The Morgan fingerprint density at radius 2 is 2.50 bits per heavy atom. The Hall–Kier alpha value is -1.36. The number of aryl methyl sites for hydroxylation is 1. The monoisotopic (exact) mass is 222 g/mol. The first-order chi connectivity index (χ1) is 7.72. The summed E-state index contributed by atoms with van der Waals surface area (Å²) in [6, 6.07) is 0. The van der Waals surface area contributed by atoms with Crippen molar-refractivity contribution in [2.75, 3.05) is 11.9 Å². The molecule has 1 aliphatic carbocycles. The van der Waals surface area contributed by atoms with E-state index in [1.165, 1.54) is 0 Å². The van der Waals surface area contributed by atoms with Crippen LogP contribution in [-0.2, 0) is 4.79 Å². The average molecular weight is 222 g/mol. The highest BCUT2D eigenvalue weighted by molar-refractivity contribution is 5.92. The molecule has 4 N–H and O–H groups in total. The Bertz CT molecular complexity index is 374. The first-order valence-corrected chi connectivity index (χ1v) is 5.73. The summed E-state index contributed by atoms with van der Waals surface area (Å²) >= 11 is 0. The van der Waals surface area contributed by atoms with Crippen molar-refractivity contribution in [2.45, 2.75) is 26.2 Å². The molecule has 0 spiro atoms. The normalized spacial score (nSPS) is 24.6. The van der Waals surface area contributed by atoms with Gasteiger partial charge in [0, 0.05) is 11.5 Å². The van der Waals surface area contributed by atoms with Crippen LogP contribution in [0.1, 0.15) is 24.8 Å². The van der Waals surface area contributed by atoms with E-state index in [9.17, 15) is 4.79 Å². The molecule has 1 heterocycles. The standard InChI is InChI=1S/C11H18N4O/c1-7-6-13-15-10(7)14-11(16)9-4-2-3-8(9)5-12/h6,8-9H,2-5,12H2,1H3,(H2,13,14,15,16). The van der Waals surface area contributed by atoms with E-state index in [1.54, 1.807) is 6.20 Å². The Kier molecular flexibility index (Phi) is 3.24. The van der Waals surface area contributed by atoms with Gasteiger partial charge >= 0.3 is 0 Å². The number of amides is 1. The van der Waals surface area contributed by atoms with Gasteiger partial charge in [0.25, 0.3) is 0 Å². The van der Waals surface area contributed by atoms with Crippen LogP contribution >= 0.6 is 0 Å². The van der Waals surface area contributed by atoms with Crippen molar-refractivity contribution in [1.82, 2.24) is 10.2 Å². The fourth-order valence-electron chi connectivity index (χ4n) is 2.35. The van der Waals surface area contributed by atoms with Gasteiger partial charge in [-0.25, -0.2) is 0 Å². The lowest BCUT2D eigenvalue weighted by Crippen LogP contribution is -2.30. The molecule has 1 aromatic rings. The zero-order valence-electron chi connectivity index (χ0n) is 9.49. The van der Waals surface area contributed by atoms with E-state index in [-0.39, 0.29) is 11.8 Å². The molecule has 5 nitrogen and oxygen atoms in total. The minimum atomic E-state index is 0.0627. The second kappa shape index (κ2) is 4.65. The fraction of sp³-hybridized carbons (Fsp3) is 0.636. The van der Waals surface area contributed by atoms with E-state index in [1.807, 2.05) is 6.92 Å². The Labute approximate surface area is 94.8 Å². The molecule has 0 radical (unpaired) electrons. The van der Waals surface area contributed by atoms with Crippen LogP contribution in [0.2, 0.25) is 0 Å². The first-order valence-electron chi connectivity index (χ1n) is 5.73. The van der Waals surface area contributed by atoms with Gasteiger partial charge in [0.15, 0.2) is 0 Å². The van der Waals surface area contributed by atoms with Gasteiger partial charge < -0.3 is 11.1 Å². The Morgan fingerprint density at radius 3 is 3.12 bits per heavy atom. The van der Waals surface area contributed by atoms with Crippen molar-refractivity contribution in [3.05, 3.63) is 11.8 Å². The van der Waals surface area contributed by atoms with Crippen LogP contribution in [0.4, 0.5) is 5.82 Å². The van der Waals surface area contributed by atoms with E-state index in [0.29, 0.717) is 18.3 Å². The number of H-pyrrole nitrogens is 1. The van der Waals surface area contributed by atoms with Crippen molar-refractivity contribution in [2.24, 2.45) is 17.6 Å². The lowest BCUT2D eigenvalue weighted by molar-refractivity contribution is -0.120. The molecule has 88 valence electrons. The lowest BCUT2D eigenvalue weighted by Gasteiger charge is -2.16. The van der Waals surface area contributed by atoms with Crippen molar-refractivity contribution in [3.8, 4) is 0 Å². The zero-order chi connectivity index (χ0) is 11.5. The maximum absolute atomic E-state index is 12.0. The summed E-state index contributed by atoms with van der Waals surface area (Å²) in [6.45, 7) is 2.51. The number of carbonyl (C=O) groups is 1. The molecule has 2 atom stereocenters. The number of anilines is 1. The third kappa shape index (κ3) is 2.09. The van der Waals surface area contributed by atoms with Crippen molar-refractivity contribution >= 4 is 11.7 Å². The van der Waals surface area contributed by atoms with Gasteiger partial charge in [0.2, 0.25) is 5.91 Å². The highest BCUT2D eigenvalue weighted by Crippen LogP contribution is 2.31. The average Bonchev–Trinajstić information content (AvgIpc) is 2.87. The highest BCUT2D eigenvalue weighted by atomic mass is 16.2. The van der Waals surface area contributed by atoms with Crippen molar-refractivity contribution in [1.29, 1.82) is 0 Å². The number of aromatic nitrogens is 2. The lowest BCUT2D eigenvalue weighted by atomic mass is 9.95. The van der Waals surface area contributed by atoms with E-state index in [4.69, 9.17) is 5.73 Å². The number of carbonyl (C=O) groups excluding carboxylic acids is 1. The highest BCUT2D eigenvalue weighted by Gasteiger charge is 2.32. The molecule has 1 saturated carbocycles. The fourth-order valence-corrected chi connectivity index (χ4v) is 2.35. The summed E-state index contributed by atoms with van der Waals surface area (Å²) in [5, 5.41) is 9.54. The van der Waals surface area contributed by atoms with E-state index < -0.39 is 0 Å². The van der Waals surface area contributed by atoms with Crippen LogP contribution in [0.15, 0.2) is 6.20 Å². The Balaban J connectivity index is 2.00. The molecule has 0 aromatic carbocycles. The van der Waals surface area contributed by atoms with Crippen LogP contribution in [0, 0.1) is 18.8 Å². The second-order valence-electron chi connectivity index (χ2n) is 4.45. The molecular weight excluding hydrogens is 204 g/mol. The predicted molar refractivity (Wildman–Crippen MR) is 61.8 cm³/mol.